The number of rotatable bonds is 7. The molecular weight excluding hydrogens is 244 g/mol. The summed E-state index contributed by atoms with van der Waals surface area (Å²) < 4.78 is 28.7. The number of aromatic nitrogens is 2. The topological polar surface area (TPSA) is 87.5 Å². The zero-order chi connectivity index (χ0) is 12.9. The number of aliphatic hydroxyl groups excluding tert-OH is 1. The maximum absolute atomic E-state index is 11.7. The van der Waals surface area contributed by atoms with E-state index in [2.05, 4.69) is 9.82 Å². The molecule has 0 bridgehead atoms. The van der Waals surface area contributed by atoms with Crippen LogP contribution in [0.3, 0.4) is 0 Å². The van der Waals surface area contributed by atoms with Gasteiger partial charge in [-0.2, -0.15) is 22.5 Å². The minimum atomic E-state index is -3.49. The molecule has 17 heavy (non-hydrogen) atoms. The van der Waals surface area contributed by atoms with E-state index in [9.17, 15) is 8.42 Å². The first-order valence-electron chi connectivity index (χ1n) is 5.25. The van der Waals surface area contributed by atoms with Crippen molar-refractivity contribution in [3.05, 3.63) is 18.0 Å². The van der Waals surface area contributed by atoms with Gasteiger partial charge in [-0.1, -0.05) is 0 Å². The molecule has 0 atom stereocenters. The highest BCUT2D eigenvalue weighted by Crippen LogP contribution is 2.00. The predicted molar refractivity (Wildman–Crippen MR) is 63.3 cm³/mol. The Balaban J connectivity index is 2.49. The average Bonchev–Trinajstić information content (AvgIpc) is 2.69. The Morgan fingerprint density at radius 1 is 1.59 bits per heavy atom. The fourth-order valence-corrected chi connectivity index (χ4v) is 2.20. The number of nitrogens with zero attached hydrogens (tertiary/aromatic N) is 3. The summed E-state index contributed by atoms with van der Waals surface area (Å²) in [5.74, 6) is 0. The lowest BCUT2D eigenvalue weighted by Gasteiger charge is -2.16. The molecule has 0 saturated heterocycles. The van der Waals surface area contributed by atoms with Crippen LogP contribution in [0, 0.1) is 0 Å². The number of aryl methyl sites for hydroxylation is 1. The van der Waals surface area contributed by atoms with Crippen LogP contribution >= 0.6 is 0 Å². The number of hydrogen-bond acceptors (Lipinski definition) is 4. The Labute approximate surface area is 101 Å². The fraction of sp³-hybridized carbons (Fsp3) is 0.667. The Kier molecular flexibility index (Phi) is 5.06. The van der Waals surface area contributed by atoms with Gasteiger partial charge in [-0.25, -0.2) is 0 Å². The molecular formula is C9H18N4O3S. The van der Waals surface area contributed by atoms with Crippen LogP contribution < -0.4 is 4.72 Å². The summed E-state index contributed by atoms with van der Waals surface area (Å²) in [6.07, 6.45) is 3.77. The van der Waals surface area contributed by atoms with Crippen LogP contribution in [0.1, 0.15) is 12.0 Å². The van der Waals surface area contributed by atoms with E-state index in [1.165, 1.54) is 11.4 Å². The molecule has 0 spiro atoms. The van der Waals surface area contributed by atoms with E-state index in [-0.39, 0.29) is 13.2 Å². The van der Waals surface area contributed by atoms with Gasteiger partial charge in [0.15, 0.2) is 0 Å². The van der Waals surface area contributed by atoms with Gasteiger partial charge < -0.3 is 5.11 Å². The van der Waals surface area contributed by atoms with Gasteiger partial charge in [-0.05, 0) is 6.42 Å². The first-order chi connectivity index (χ1) is 7.95. The zero-order valence-corrected chi connectivity index (χ0v) is 10.8. The molecule has 0 aliphatic carbocycles. The molecule has 0 fully saturated rings. The summed E-state index contributed by atoms with van der Waals surface area (Å²) in [6.45, 7) is 0.473. The first kappa shape index (κ1) is 14.1. The van der Waals surface area contributed by atoms with Gasteiger partial charge in [0.1, 0.15) is 0 Å². The van der Waals surface area contributed by atoms with E-state index >= 15 is 0 Å². The van der Waals surface area contributed by atoms with Crippen molar-refractivity contribution in [2.75, 3.05) is 20.2 Å². The average molecular weight is 262 g/mol. The minimum absolute atomic E-state index is 0.0253. The maximum atomic E-state index is 11.7. The Bertz CT molecular complexity index is 443. The van der Waals surface area contributed by atoms with Crippen molar-refractivity contribution in [3.8, 4) is 0 Å². The van der Waals surface area contributed by atoms with E-state index < -0.39 is 10.2 Å². The second kappa shape index (κ2) is 6.10. The lowest BCUT2D eigenvalue weighted by atomic mass is 10.4. The van der Waals surface area contributed by atoms with Gasteiger partial charge in [0.05, 0.1) is 6.20 Å². The van der Waals surface area contributed by atoms with Gasteiger partial charge in [0.2, 0.25) is 0 Å². The summed E-state index contributed by atoms with van der Waals surface area (Å²) in [4.78, 5) is 0. The molecule has 0 saturated carbocycles. The molecule has 0 aliphatic heterocycles. The molecule has 0 amide bonds. The third kappa shape index (κ3) is 4.43. The van der Waals surface area contributed by atoms with Gasteiger partial charge in [0, 0.05) is 45.6 Å². The number of aliphatic hydroxyl groups is 1. The predicted octanol–water partition coefficient (Wildman–Crippen LogP) is -0.931. The highest BCUT2D eigenvalue weighted by Gasteiger charge is 2.16. The highest BCUT2D eigenvalue weighted by atomic mass is 32.2. The van der Waals surface area contributed by atoms with Gasteiger partial charge in [0.25, 0.3) is 10.2 Å². The molecule has 0 unspecified atom stereocenters. The largest absolute Gasteiger partial charge is 0.396 e. The van der Waals surface area contributed by atoms with Crippen molar-refractivity contribution in [2.24, 2.45) is 7.05 Å². The fourth-order valence-electron chi connectivity index (χ4n) is 1.26. The second-order valence-electron chi connectivity index (χ2n) is 3.75. The highest BCUT2D eigenvalue weighted by molar-refractivity contribution is 7.87. The van der Waals surface area contributed by atoms with Gasteiger partial charge in [-0.15, -0.1) is 0 Å². The van der Waals surface area contributed by atoms with E-state index in [4.69, 9.17) is 5.11 Å². The summed E-state index contributed by atoms with van der Waals surface area (Å²) in [5.41, 5.74) is 0.798. The zero-order valence-electron chi connectivity index (χ0n) is 10.00. The van der Waals surface area contributed by atoms with E-state index in [1.807, 2.05) is 0 Å². The third-order valence-electron chi connectivity index (χ3n) is 2.26. The maximum Gasteiger partial charge on any atom is 0.279 e. The van der Waals surface area contributed by atoms with E-state index in [0.29, 0.717) is 13.0 Å². The minimum Gasteiger partial charge on any atom is -0.396 e. The molecule has 1 heterocycles. The van der Waals surface area contributed by atoms with Crippen LogP contribution in [-0.2, 0) is 23.8 Å². The summed E-state index contributed by atoms with van der Waals surface area (Å²) >= 11 is 0. The van der Waals surface area contributed by atoms with Crippen molar-refractivity contribution in [1.29, 1.82) is 0 Å². The van der Waals surface area contributed by atoms with Gasteiger partial charge in [-0.3, -0.25) is 4.68 Å². The van der Waals surface area contributed by atoms with Crippen LogP contribution in [0.15, 0.2) is 12.4 Å². The first-order valence-corrected chi connectivity index (χ1v) is 6.69. The monoisotopic (exact) mass is 262 g/mol. The second-order valence-corrected chi connectivity index (χ2v) is 5.61. The van der Waals surface area contributed by atoms with Crippen molar-refractivity contribution < 1.29 is 13.5 Å². The summed E-state index contributed by atoms with van der Waals surface area (Å²) in [7, 11) is -0.244. The van der Waals surface area contributed by atoms with E-state index in [0.717, 1.165) is 5.56 Å². The van der Waals surface area contributed by atoms with Crippen molar-refractivity contribution in [1.82, 2.24) is 18.8 Å². The quantitative estimate of drug-likeness (QED) is 0.664. The van der Waals surface area contributed by atoms with Crippen molar-refractivity contribution in [3.63, 3.8) is 0 Å². The lowest BCUT2D eigenvalue weighted by molar-refractivity contribution is 0.275. The lowest BCUT2D eigenvalue weighted by Crippen LogP contribution is -2.38. The molecule has 0 aromatic carbocycles. The van der Waals surface area contributed by atoms with Crippen LogP contribution in [0.25, 0.3) is 0 Å². The Morgan fingerprint density at radius 2 is 2.29 bits per heavy atom. The molecule has 2 N–H and O–H groups in total. The summed E-state index contributed by atoms with van der Waals surface area (Å²) in [6, 6.07) is 0. The smallest absolute Gasteiger partial charge is 0.279 e. The Hall–Kier alpha value is -0.960. The van der Waals surface area contributed by atoms with E-state index in [1.54, 1.807) is 24.1 Å². The SMILES string of the molecule is CN(CCCO)S(=O)(=O)NCc1cnn(C)c1. The van der Waals surface area contributed by atoms with Crippen LogP contribution in [0.5, 0.6) is 0 Å². The van der Waals surface area contributed by atoms with Gasteiger partial charge >= 0.3 is 0 Å². The standard InChI is InChI=1S/C9H18N4O3S/c1-12-8-9(6-10-12)7-11-17(15,16)13(2)4-3-5-14/h6,8,11,14H,3-5,7H2,1-2H3. The molecule has 0 radical (unpaired) electrons. The molecule has 1 rings (SSSR count). The molecule has 8 heteroatoms. The molecule has 1 aromatic heterocycles. The molecule has 0 aliphatic rings. The molecule has 7 nitrogen and oxygen atoms in total. The van der Waals surface area contributed by atoms with Crippen molar-refractivity contribution >= 4 is 10.2 Å². The van der Waals surface area contributed by atoms with Crippen LogP contribution in [-0.4, -0.2) is 47.8 Å². The van der Waals surface area contributed by atoms with Crippen LogP contribution in [0.4, 0.5) is 0 Å². The normalized spacial score (nSPS) is 12.2. The summed E-state index contributed by atoms with van der Waals surface area (Å²) in [5, 5.41) is 12.6. The molecule has 1 aromatic rings. The molecule has 98 valence electrons. The third-order valence-corrected chi connectivity index (χ3v) is 3.77. The number of nitrogens with one attached hydrogen (secondary N) is 1. The van der Waals surface area contributed by atoms with Crippen LogP contribution in [0.2, 0.25) is 0 Å². The Morgan fingerprint density at radius 3 is 2.82 bits per heavy atom. The van der Waals surface area contributed by atoms with Crippen molar-refractivity contribution in [2.45, 2.75) is 13.0 Å². The number of hydrogen-bond donors (Lipinski definition) is 2.